The third-order valence-electron chi connectivity index (χ3n) is 3.79. The zero-order valence-electron chi connectivity index (χ0n) is 12.3. The number of carbonyl (C=O) groups is 1. The number of hydrogen-bond acceptors (Lipinski definition) is 2. The third kappa shape index (κ3) is 3.69. The van der Waals surface area contributed by atoms with E-state index in [1.165, 1.54) is 38.5 Å². The van der Waals surface area contributed by atoms with Crippen molar-refractivity contribution in [3.63, 3.8) is 0 Å². The summed E-state index contributed by atoms with van der Waals surface area (Å²) in [6, 6.07) is 3.85. The fraction of sp³-hybridized carbons (Fsp3) is 0.529. The molecule has 2 aromatic heterocycles. The second kappa shape index (κ2) is 7.83. The molecule has 2 rings (SSSR count). The van der Waals surface area contributed by atoms with E-state index in [9.17, 15) is 4.79 Å². The molecule has 0 aliphatic heterocycles. The van der Waals surface area contributed by atoms with Crippen molar-refractivity contribution >= 4 is 17.3 Å². The molecule has 0 aliphatic carbocycles. The highest BCUT2D eigenvalue weighted by Gasteiger charge is 2.07. The number of unbranched alkanes of at least 4 members (excludes halogenated alkanes) is 6. The largest absolute Gasteiger partial charge is 0.332 e. The second-order valence-electron chi connectivity index (χ2n) is 5.39. The van der Waals surface area contributed by atoms with Crippen molar-refractivity contribution in [2.45, 2.75) is 58.4 Å². The number of nitrogens with zero attached hydrogens (tertiary/aromatic N) is 2. The zero-order valence-corrected chi connectivity index (χ0v) is 12.3. The molecule has 20 heavy (non-hydrogen) atoms. The minimum Gasteiger partial charge on any atom is -0.332 e. The SMILES string of the molecule is CCCCCCCCCn1cc(C=O)c2cccnc21. The van der Waals surface area contributed by atoms with Crippen LogP contribution in [0.25, 0.3) is 11.0 Å². The van der Waals surface area contributed by atoms with Gasteiger partial charge in [-0.25, -0.2) is 4.98 Å². The van der Waals surface area contributed by atoms with Gasteiger partial charge in [-0.3, -0.25) is 4.79 Å². The lowest BCUT2D eigenvalue weighted by atomic mass is 10.1. The molecule has 0 bridgehead atoms. The minimum absolute atomic E-state index is 0.746. The third-order valence-corrected chi connectivity index (χ3v) is 3.79. The van der Waals surface area contributed by atoms with E-state index in [1.54, 1.807) is 6.20 Å². The van der Waals surface area contributed by atoms with E-state index < -0.39 is 0 Å². The Morgan fingerprint density at radius 3 is 2.65 bits per heavy atom. The van der Waals surface area contributed by atoms with Gasteiger partial charge in [0.15, 0.2) is 6.29 Å². The second-order valence-corrected chi connectivity index (χ2v) is 5.39. The van der Waals surface area contributed by atoms with Gasteiger partial charge in [-0.1, -0.05) is 45.4 Å². The summed E-state index contributed by atoms with van der Waals surface area (Å²) in [5.41, 5.74) is 1.68. The maximum atomic E-state index is 11.1. The maximum absolute atomic E-state index is 11.1. The van der Waals surface area contributed by atoms with E-state index in [1.807, 2.05) is 18.3 Å². The Labute approximate surface area is 121 Å². The highest BCUT2D eigenvalue weighted by molar-refractivity contribution is 5.95. The Balaban J connectivity index is 1.85. The molecule has 0 radical (unpaired) electrons. The smallest absolute Gasteiger partial charge is 0.152 e. The number of carbonyl (C=O) groups excluding carboxylic acids is 1. The van der Waals surface area contributed by atoms with Gasteiger partial charge in [0.1, 0.15) is 5.65 Å². The average molecular weight is 272 g/mol. The lowest BCUT2D eigenvalue weighted by Gasteiger charge is -2.04. The molecule has 0 fully saturated rings. The van der Waals surface area contributed by atoms with E-state index in [4.69, 9.17) is 0 Å². The predicted octanol–water partition coefficient (Wildman–Crippen LogP) is 4.60. The Bertz CT molecular complexity index is 545. The lowest BCUT2D eigenvalue weighted by Crippen LogP contribution is -1.97. The number of aldehydes is 1. The molecule has 0 unspecified atom stereocenters. The summed E-state index contributed by atoms with van der Waals surface area (Å²) in [5.74, 6) is 0. The predicted molar refractivity (Wildman–Crippen MR) is 83.1 cm³/mol. The lowest BCUT2D eigenvalue weighted by molar-refractivity contribution is 0.112. The van der Waals surface area contributed by atoms with Gasteiger partial charge >= 0.3 is 0 Å². The average Bonchev–Trinajstić information content (AvgIpc) is 2.85. The number of fused-ring (bicyclic) bond motifs is 1. The van der Waals surface area contributed by atoms with Crippen LogP contribution in [0.4, 0.5) is 0 Å². The summed E-state index contributed by atoms with van der Waals surface area (Å²) in [6.45, 7) is 3.20. The van der Waals surface area contributed by atoms with Crippen LogP contribution in [-0.4, -0.2) is 15.8 Å². The zero-order chi connectivity index (χ0) is 14.2. The van der Waals surface area contributed by atoms with E-state index in [0.29, 0.717) is 0 Å². The minimum atomic E-state index is 0.746. The molecule has 2 aromatic rings. The number of hydrogen-bond donors (Lipinski definition) is 0. The molecule has 0 aromatic carbocycles. The van der Waals surface area contributed by atoms with Crippen molar-refractivity contribution in [1.82, 2.24) is 9.55 Å². The van der Waals surface area contributed by atoms with Gasteiger partial charge in [-0.05, 0) is 18.6 Å². The topological polar surface area (TPSA) is 34.9 Å². The number of rotatable bonds is 9. The van der Waals surface area contributed by atoms with Crippen LogP contribution in [-0.2, 0) is 6.54 Å². The highest BCUT2D eigenvalue weighted by atomic mass is 16.1. The first kappa shape index (κ1) is 14.8. The quantitative estimate of drug-likeness (QED) is 0.494. The Kier molecular flexibility index (Phi) is 5.78. The summed E-state index contributed by atoms with van der Waals surface area (Å²) >= 11 is 0. The molecular weight excluding hydrogens is 248 g/mol. The molecule has 0 spiro atoms. The van der Waals surface area contributed by atoms with Crippen molar-refractivity contribution < 1.29 is 4.79 Å². The molecular formula is C17H24N2O. The van der Waals surface area contributed by atoms with Crippen molar-refractivity contribution in [3.8, 4) is 0 Å². The van der Waals surface area contributed by atoms with Crippen LogP contribution in [0.2, 0.25) is 0 Å². The summed E-state index contributed by atoms with van der Waals surface area (Å²) in [6.07, 6.45) is 13.7. The summed E-state index contributed by atoms with van der Waals surface area (Å²) in [7, 11) is 0. The van der Waals surface area contributed by atoms with Crippen LogP contribution in [0.15, 0.2) is 24.5 Å². The molecule has 0 N–H and O–H groups in total. The van der Waals surface area contributed by atoms with Gasteiger partial charge in [-0.15, -0.1) is 0 Å². The molecule has 3 nitrogen and oxygen atoms in total. The molecule has 3 heteroatoms. The molecule has 0 amide bonds. The number of pyridine rings is 1. The first-order chi connectivity index (χ1) is 9.86. The Hall–Kier alpha value is -1.64. The van der Waals surface area contributed by atoms with Crippen LogP contribution < -0.4 is 0 Å². The summed E-state index contributed by atoms with van der Waals surface area (Å²) in [4.78, 5) is 15.5. The molecule has 0 saturated carbocycles. The van der Waals surface area contributed by atoms with Crippen molar-refractivity contribution in [3.05, 3.63) is 30.1 Å². The first-order valence-corrected chi connectivity index (χ1v) is 7.76. The van der Waals surface area contributed by atoms with Gasteiger partial charge in [0.25, 0.3) is 0 Å². The molecule has 0 saturated heterocycles. The van der Waals surface area contributed by atoms with Gasteiger partial charge in [0.2, 0.25) is 0 Å². The molecule has 2 heterocycles. The standard InChI is InChI=1S/C17H24N2O/c1-2-3-4-5-6-7-8-12-19-13-15(14-20)16-10-9-11-18-17(16)19/h9-11,13-14H,2-8,12H2,1H3. The number of aryl methyl sites for hydroxylation is 1. The fourth-order valence-corrected chi connectivity index (χ4v) is 2.65. The highest BCUT2D eigenvalue weighted by Crippen LogP contribution is 2.18. The Morgan fingerprint density at radius 1 is 1.15 bits per heavy atom. The van der Waals surface area contributed by atoms with Crippen molar-refractivity contribution in [1.29, 1.82) is 0 Å². The molecule has 108 valence electrons. The summed E-state index contributed by atoms with van der Waals surface area (Å²) in [5, 5.41) is 0.963. The monoisotopic (exact) mass is 272 g/mol. The normalized spacial score (nSPS) is 11.1. The Morgan fingerprint density at radius 2 is 1.90 bits per heavy atom. The van der Waals surface area contributed by atoms with Crippen LogP contribution in [0.1, 0.15) is 62.2 Å². The maximum Gasteiger partial charge on any atom is 0.152 e. The van der Waals surface area contributed by atoms with Crippen LogP contribution in [0.5, 0.6) is 0 Å². The van der Waals surface area contributed by atoms with Crippen LogP contribution in [0, 0.1) is 0 Å². The van der Waals surface area contributed by atoms with Gasteiger partial charge in [-0.2, -0.15) is 0 Å². The van der Waals surface area contributed by atoms with Gasteiger partial charge < -0.3 is 4.57 Å². The molecule has 0 aliphatic rings. The van der Waals surface area contributed by atoms with Crippen molar-refractivity contribution in [2.75, 3.05) is 0 Å². The van der Waals surface area contributed by atoms with E-state index in [-0.39, 0.29) is 0 Å². The summed E-state index contributed by atoms with van der Waals surface area (Å²) < 4.78 is 2.12. The van der Waals surface area contributed by atoms with Gasteiger partial charge in [0, 0.05) is 29.9 Å². The van der Waals surface area contributed by atoms with Crippen LogP contribution >= 0.6 is 0 Å². The first-order valence-electron chi connectivity index (χ1n) is 7.76. The van der Waals surface area contributed by atoms with Crippen LogP contribution in [0.3, 0.4) is 0 Å². The number of aromatic nitrogens is 2. The fourth-order valence-electron chi connectivity index (χ4n) is 2.65. The van der Waals surface area contributed by atoms with E-state index in [0.717, 1.165) is 35.8 Å². The van der Waals surface area contributed by atoms with E-state index in [2.05, 4.69) is 16.5 Å². The molecule has 0 atom stereocenters. The van der Waals surface area contributed by atoms with E-state index >= 15 is 0 Å². The van der Waals surface area contributed by atoms with Gasteiger partial charge in [0.05, 0.1) is 0 Å². The van der Waals surface area contributed by atoms with Crippen molar-refractivity contribution in [2.24, 2.45) is 0 Å².